The van der Waals surface area contributed by atoms with Gasteiger partial charge in [-0.3, -0.25) is 4.79 Å². The van der Waals surface area contributed by atoms with Crippen molar-refractivity contribution >= 4 is 5.97 Å². The normalized spacial score (nSPS) is 12.2. The van der Waals surface area contributed by atoms with Gasteiger partial charge in [0.15, 0.2) is 0 Å². The van der Waals surface area contributed by atoms with E-state index in [1.807, 2.05) is 0 Å². The van der Waals surface area contributed by atoms with E-state index in [1.54, 1.807) is 0 Å². The smallest absolute Gasteiger partial charge is 0.306 e. The molecule has 0 saturated heterocycles. The zero-order chi connectivity index (χ0) is 22.8. The number of esters is 1. The van der Waals surface area contributed by atoms with Gasteiger partial charge in [-0.1, -0.05) is 111 Å². The molecule has 0 saturated carbocycles. The van der Waals surface area contributed by atoms with Gasteiger partial charge in [0.25, 0.3) is 0 Å². The standard InChI is InChI=1S/C28H57NO2/c1-4-7-9-11-13-16-20-24-27(23-19-15-12-10-8-5-2)31-28(30)25-21-17-14-18-22-26-29-6-3/h27,29H,4-26H2,1-3H3. The molecule has 0 aliphatic heterocycles. The molecular weight excluding hydrogens is 382 g/mol. The molecule has 0 amide bonds. The van der Waals surface area contributed by atoms with Crippen LogP contribution in [0, 0.1) is 0 Å². The summed E-state index contributed by atoms with van der Waals surface area (Å²) >= 11 is 0. The molecule has 0 heterocycles. The summed E-state index contributed by atoms with van der Waals surface area (Å²) in [6.07, 6.45) is 25.9. The Morgan fingerprint density at radius 2 is 1.06 bits per heavy atom. The molecule has 0 aromatic rings. The van der Waals surface area contributed by atoms with Crippen molar-refractivity contribution in [3.8, 4) is 0 Å². The van der Waals surface area contributed by atoms with E-state index < -0.39 is 0 Å². The molecule has 3 nitrogen and oxygen atoms in total. The minimum Gasteiger partial charge on any atom is -0.462 e. The molecule has 0 spiro atoms. The first kappa shape index (κ1) is 30.4. The van der Waals surface area contributed by atoms with Crippen molar-refractivity contribution in [3.05, 3.63) is 0 Å². The number of hydrogen-bond donors (Lipinski definition) is 1. The van der Waals surface area contributed by atoms with Crippen molar-refractivity contribution in [2.75, 3.05) is 13.1 Å². The minimum atomic E-state index is 0.0478. The van der Waals surface area contributed by atoms with Crippen LogP contribution in [0.25, 0.3) is 0 Å². The van der Waals surface area contributed by atoms with Crippen LogP contribution < -0.4 is 5.32 Å². The third-order valence-corrected chi connectivity index (χ3v) is 6.29. The van der Waals surface area contributed by atoms with Gasteiger partial charge in [0, 0.05) is 6.42 Å². The molecule has 186 valence electrons. The Morgan fingerprint density at radius 3 is 1.58 bits per heavy atom. The molecule has 31 heavy (non-hydrogen) atoms. The van der Waals surface area contributed by atoms with E-state index in [-0.39, 0.29) is 12.1 Å². The minimum absolute atomic E-state index is 0.0478. The van der Waals surface area contributed by atoms with E-state index in [2.05, 4.69) is 26.1 Å². The van der Waals surface area contributed by atoms with Crippen molar-refractivity contribution in [1.82, 2.24) is 5.32 Å². The molecule has 0 fully saturated rings. The lowest BCUT2D eigenvalue weighted by molar-refractivity contribution is -0.150. The molecule has 3 heteroatoms. The Morgan fingerprint density at radius 1 is 0.613 bits per heavy atom. The predicted molar refractivity (Wildman–Crippen MR) is 137 cm³/mol. The third-order valence-electron chi connectivity index (χ3n) is 6.29. The second kappa shape index (κ2) is 25.7. The number of rotatable bonds is 25. The summed E-state index contributed by atoms with van der Waals surface area (Å²) in [7, 11) is 0. The first-order valence-corrected chi connectivity index (χ1v) is 14.1. The van der Waals surface area contributed by atoms with E-state index >= 15 is 0 Å². The van der Waals surface area contributed by atoms with Gasteiger partial charge < -0.3 is 10.1 Å². The quantitative estimate of drug-likeness (QED) is 0.114. The van der Waals surface area contributed by atoms with Gasteiger partial charge in [0.05, 0.1) is 0 Å². The van der Waals surface area contributed by atoms with Gasteiger partial charge in [-0.2, -0.15) is 0 Å². The summed E-state index contributed by atoms with van der Waals surface area (Å²) in [5.41, 5.74) is 0. The average molecular weight is 440 g/mol. The second-order valence-electron chi connectivity index (χ2n) is 9.45. The van der Waals surface area contributed by atoms with Crippen molar-refractivity contribution in [1.29, 1.82) is 0 Å². The van der Waals surface area contributed by atoms with Crippen molar-refractivity contribution in [2.24, 2.45) is 0 Å². The lowest BCUT2D eigenvalue weighted by Gasteiger charge is -2.18. The molecule has 0 rings (SSSR count). The maximum Gasteiger partial charge on any atom is 0.306 e. The molecule has 0 aliphatic rings. The highest BCUT2D eigenvalue weighted by Crippen LogP contribution is 2.18. The van der Waals surface area contributed by atoms with Crippen LogP contribution in [0.3, 0.4) is 0 Å². The van der Waals surface area contributed by atoms with Crippen LogP contribution in [0.5, 0.6) is 0 Å². The zero-order valence-electron chi connectivity index (χ0n) is 21.7. The fourth-order valence-electron chi connectivity index (χ4n) is 4.21. The fraction of sp³-hybridized carbons (Fsp3) is 0.964. The van der Waals surface area contributed by atoms with Gasteiger partial charge in [0.1, 0.15) is 6.10 Å². The third kappa shape index (κ3) is 23.9. The van der Waals surface area contributed by atoms with Crippen molar-refractivity contribution in [3.63, 3.8) is 0 Å². The predicted octanol–water partition coefficient (Wildman–Crippen LogP) is 8.74. The second-order valence-corrected chi connectivity index (χ2v) is 9.45. The topological polar surface area (TPSA) is 38.3 Å². The fourth-order valence-corrected chi connectivity index (χ4v) is 4.21. The Labute approximate surface area is 195 Å². The van der Waals surface area contributed by atoms with Crippen LogP contribution in [0.15, 0.2) is 0 Å². The first-order valence-electron chi connectivity index (χ1n) is 14.1. The van der Waals surface area contributed by atoms with Crippen LogP contribution in [-0.2, 0) is 9.53 Å². The number of unbranched alkanes of at least 4 members (excludes halogenated alkanes) is 15. The summed E-state index contributed by atoms with van der Waals surface area (Å²) in [5.74, 6) is 0.0478. The maximum absolute atomic E-state index is 12.4. The molecule has 1 N–H and O–H groups in total. The van der Waals surface area contributed by atoms with Gasteiger partial charge in [-0.15, -0.1) is 0 Å². The van der Waals surface area contributed by atoms with Crippen LogP contribution in [0.2, 0.25) is 0 Å². The van der Waals surface area contributed by atoms with Crippen LogP contribution in [0.4, 0.5) is 0 Å². The van der Waals surface area contributed by atoms with E-state index in [1.165, 1.54) is 103 Å². The Kier molecular flexibility index (Phi) is 25.2. The summed E-state index contributed by atoms with van der Waals surface area (Å²) in [6, 6.07) is 0. The van der Waals surface area contributed by atoms with Crippen molar-refractivity contribution in [2.45, 2.75) is 162 Å². The van der Waals surface area contributed by atoms with E-state index in [9.17, 15) is 4.79 Å². The van der Waals surface area contributed by atoms with Gasteiger partial charge in [0.2, 0.25) is 0 Å². The highest BCUT2D eigenvalue weighted by atomic mass is 16.5. The molecule has 0 bridgehead atoms. The monoisotopic (exact) mass is 439 g/mol. The summed E-state index contributed by atoms with van der Waals surface area (Å²) in [6.45, 7) is 8.87. The summed E-state index contributed by atoms with van der Waals surface area (Å²) < 4.78 is 5.93. The molecule has 1 unspecified atom stereocenters. The van der Waals surface area contributed by atoms with Crippen LogP contribution >= 0.6 is 0 Å². The van der Waals surface area contributed by atoms with Gasteiger partial charge in [-0.05, 0) is 51.6 Å². The van der Waals surface area contributed by atoms with Gasteiger partial charge in [-0.25, -0.2) is 0 Å². The van der Waals surface area contributed by atoms with Crippen molar-refractivity contribution < 1.29 is 9.53 Å². The lowest BCUT2D eigenvalue weighted by Crippen LogP contribution is -2.18. The largest absolute Gasteiger partial charge is 0.462 e. The molecule has 0 aromatic carbocycles. The highest BCUT2D eigenvalue weighted by molar-refractivity contribution is 5.69. The van der Waals surface area contributed by atoms with E-state index in [0.29, 0.717) is 6.42 Å². The Bertz CT molecular complexity index is 359. The molecular formula is C28H57NO2. The first-order chi connectivity index (χ1) is 15.2. The van der Waals surface area contributed by atoms with Crippen LogP contribution in [0.1, 0.15) is 156 Å². The number of nitrogens with one attached hydrogen (secondary N) is 1. The van der Waals surface area contributed by atoms with E-state index in [0.717, 1.165) is 38.8 Å². The van der Waals surface area contributed by atoms with Crippen LogP contribution in [-0.4, -0.2) is 25.2 Å². The number of hydrogen-bond acceptors (Lipinski definition) is 3. The number of ether oxygens (including phenoxy) is 1. The summed E-state index contributed by atoms with van der Waals surface area (Å²) in [5, 5.41) is 3.37. The number of carbonyl (C=O) groups is 1. The molecule has 0 radical (unpaired) electrons. The zero-order valence-corrected chi connectivity index (χ0v) is 21.7. The summed E-state index contributed by atoms with van der Waals surface area (Å²) in [4.78, 5) is 12.4. The molecule has 0 aliphatic carbocycles. The molecule has 0 aromatic heterocycles. The highest BCUT2D eigenvalue weighted by Gasteiger charge is 2.14. The number of carbonyl (C=O) groups excluding carboxylic acids is 1. The average Bonchev–Trinajstić information content (AvgIpc) is 2.77. The SMILES string of the molecule is CCCCCCCCCC(CCCCCCCC)OC(=O)CCCCCCCNCC. The Hall–Kier alpha value is -0.570. The van der Waals surface area contributed by atoms with Gasteiger partial charge >= 0.3 is 5.97 Å². The maximum atomic E-state index is 12.4. The molecule has 1 atom stereocenters. The van der Waals surface area contributed by atoms with E-state index in [4.69, 9.17) is 4.74 Å². The Balaban J connectivity index is 3.98. The lowest BCUT2D eigenvalue weighted by atomic mass is 10.0.